The lowest BCUT2D eigenvalue weighted by atomic mass is 10.3. The number of nitrogens with one attached hydrogen (secondary N) is 2. The molecular weight excluding hydrogens is 464 g/mol. The van der Waals surface area contributed by atoms with Crippen molar-refractivity contribution in [3.63, 3.8) is 0 Å². The van der Waals surface area contributed by atoms with Crippen LogP contribution in [0, 0.1) is 0 Å². The Labute approximate surface area is 185 Å². The van der Waals surface area contributed by atoms with Crippen LogP contribution in [-0.2, 0) is 20.0 Å². The molecule has 0 saturated carbocycles. The third kappa shape index (κ3) is 5.40. The Morgan fingerprint density at radius 2 is 1.26 bits per heavy atom. The number of halogens is 1. The zero-order valence-electron chi connectivity index (χ0n) is 16.5. The zero-order valence-corrected chi connectivity index (χ0v) is 18.9. The number of benzene rings is 3. The van der Waals surface area contributed by atoms with Gasteiger partial charge in [0.15, 0.2) is 11.5 Å². The van der Waals surface area contributed by atoms with Crippen LogP contribution in [0.15, 0.2) is 76.5 Å². The molecule has 8 nitrogen and oxygen atoms in total. The maximum atomic E-state index is 12.8. The van der Waals surface area contributed by atoms with E-state index in [4.69, 9.17) is 21.1 Å². The Morgan fingerprint density at radius 3 is 1.87 bits per heavy atom. The third-order valence-electron chi connectivity index (χ3n) is 4.16. The summed E-state index contributed by atoms with van der Waals surface area (Å²) in [5.41, 5.74) is 0.398. The second kappa shape index (κ2) is 9.04. The Morgan fingerprint density at radius 1 is 0.677 bits per heavy atom. The number of hydrogen-bond donors (Lipinski definition) is 2. The first-order chi connectivity index (χ1) is 14.6. The Bertz CT molecular complexity index is 1290. The summed E-state index contributed by atoms with van der Waals surface area (Å²) in [5, 5.41) is 0.467. The number of rotatable bonds is 8. The van der Waals surface area contributed by atoms with Crippen molar-refractivity contribution < 1.29 is 26.3 Å². The molecule has 0 fully saturated rings. The Kier molecular flexibility index (Phi) is 6.63. The molecule has 3 aromatic rings. The van der Waals surface area contributed by atoms with Gasteiger partial charge in [-0.3, -0.25) is 9.44 Å². The fourth-order valence-electron chi connectivity index (χ4n) is 2.66. The fraction of sp³-hybridized carbons (Fsp3) is 0.100. The van der Waals surface area contributed by atoms with Gasteiger partial charge < -0.3 is 9.47 Å². The molecule has 0 aliphatic carbocycles. The molecule has 3 rings (SSSR count). The lowest BCUT2D eigenvalue weighted by Crippen LogP contribution is -2.15. The van der Waals surface area contributed by atoms with Crippen molar-refractivity contribution in [3.8, 4) is 11.5 Å². The van der Waals surface area contributed by atoms with Crippen LogP contribution in [0.1, 0.15) is 0 Å². The highest BCUT2D eigenvalue weighted by molar-refractivity contribution is 7.93. The predicted molar refractivity (Wildman–Crippen MR) is 119 cm³/mol. The summed E-state index contributed by atoms with van der Waals surface area (Å²) in [6, 6.07) is 15.7. The van der Waals surface area contributed by atoms with Crippen LogP contribution in [0.4, 0.5) is 11.4 Å². The minimum atomic E-state index is -4.01. The molecule has 164 valence electrons. The topological polar surface area (TPSA) is 111 Å². The van der Waals surface area contributed by atoms with Gasteiger partial charge in [-0.1, -0.05) is 17.7 Å². The first-order valence-corrected chi connectivity index (χ1v) is 12.1. The summed E-state index contributed by atoms with van der Waals surface area (Å²) < 4.78 is 65.9. The van der Waals surface area contributed by atoms with Crippen molar-refractivity contribution in [3.05, 3.63) is 71.8 Å². The summed E-state index contributed by atoms with van der Waals surface area (Å²) in [6.07, 6.45) is 0. The van der Waals surface area contributed by atoms with Gasteiger partial charge >= 0.3 is 0 Å². The maximum Gasteiger partial charge on any atom is 0.262 e. The molecule has 3 aromatic carbocycles. The van der Waals surface area contributed by atoms with Gasteiger partial charge in [-0.05, 0) is 54.6 Å². The van der Waals surface area contributed by atoms with Crippen molar-refractivity contribution in [2.24, 2.45) is 0 Å². The minimum Gasteiger partial charge on any atom is -0.493 e. The van der Waals surface area contributed by atoms with Crippen LogP contribution in [0.5, 0.6) is 11.5 Å². The van der Waals surface area contributed by atoms with E-state index in [1.165, 1.54) is 68.8 Å². The van der Waals surface area contributed by atoms with Crippen molar-refractivity contribution in [1.29, 1.82) is 0 Å². The second-order valence-corrected chi connectivity index (χ2v) is 10.1. The molecule has 0 radical (unpaired) electrons. The van der Waals surface area contributed by atoms with E-state index in [9.17, 15) is 16.8 Å². The van der Waals surface area contributed by atoms with Gasteiger partial charge in [-0.2, -0.15) is 0 Å². The normalized spacial score (nSPS) is 11.6. The van der Waals surface area contributed by atoms with Gasteiger partial charge in [-0.15, -0.1) is 0 Å². The summed E-state index contributed by atoms with van der Waals surface area (Å²) in [4.78, 5) is -0.187. The number of methoxy groups -OCH3 is 2. The molecule has 0 bridgehead atoms. The second-order valence-electron chi connectivity index (χ2n) is 6.26. The molecular formula is C20H19ClN2O6S2. The van der Waals surface area contributed by atoms with Gasteiger partial charge in [0, 0.05) is 16.8 Å². The van der Waals surface area contributed by atoms with Crippen molar-refractivity contribution in [2.45, 2.75) is 9.79 Å². The van der Waals surface area contributed by atoms with Crippen LogP contribution in [0.3, 0.4) is 0 Å². The van der Waals surface area contributed by atoms with E-state index in [1.807, 2.05) is 0 Å². The lowest BCUT2D eigenvalue weighted by molar-refractivity contribution is 0.354. The highest BCUT2D eigenvalue weighted by atomic mass is 35.5. The Hall–Kier alpha value is -2.95. The third-order valence-corrected chi connectivity index (χ3v) is 7.17. The largest absolute Gasteiger partial charge is 0.493 e. The average molecular weight is 483 g/mol. The molecule has 11 heteroatoms. The monoisotopic (exact) mass is 482 g/mol. The van der Waals surface area contributed by atoms with Gasteiger partial charge in [-0.25, -0.2) is 16.8 Å². The van der Waals surface area contributed by atoms with Crippen LogP contribution in [-0.4, -0.2) is 31.1 Å². The van der Waals surface area contributed by atoms with Crippen LogP contribution < -0.4 is 18.9 Å². The molecule has 0 aliphatic heterocycles. The molecule has 0 amide bonds. The minimum absolute atomic E-state index is 0.0716. The van der Waals surface area contributed by atoms with Gasteiger partial charge in [0.1, 0.15) is 0 Å². The van der Waals surface area contributed by atoms with Crippen LogP contribution in [0.2, 0.25) is 5.02 Å². The van der Waals surface area contributed by atoms with Crippen LogP contribution >= 0.6 is 11.6 Å². The summed E-state index contributed by atoms with van der Waals surface area (Å²) >= 11 is 5.81. The number of hydrogen-bond acceptors (Lipinski definition) is 6. The average Bonchev–Trinajstić information content (AvgIpc) is 2.74. The predicted octanol–water partition coefficient (Wildman–Crippen LogP) is 3.96. The summed E-state index contributed by atoms with van der Waals surface area (Å²) in [7, 11) is -5.13. The lowest BCUT2D eigenvalue weighted by Gasteiger charge is -2.13. The van der Waals surface area contributed by atoms with Crippen LogP contribution in [0.25, 0.3) is 0 Å². The number of ether oxygens (including phenoxy) is 2. The van der Waals surface area contributed by atoms with Gasteiger partial charge in [0.05, 0.1) is 29.7 Å². The van der Waals surface area contributed by atoms with Crippen molar-refractivity contribution in [2.75, 3.05) is 23.7 Å². The van der Waals surface area contributed by atoms with E-state index in [0.717, 1.165) is 0 Å². The first-order valence-electron chi connectivity index (χ1n) is 8.78. The van der Waals surface area contributed by atoms with E-state index < -0.39 is 20.0 Å². The highest BCUT2D eigenvalue weighted by Crippen LogP contribution is 2.30. The van der Waals surface area contributed by atoms with Crippen molar-refractivity contribution >= 4 is 43.0 Å². The summed E-state index contributed by atoms with van der Waals surface area (Å²) in [6.45, 7) is 0. The highest BCUT2D eigenvalue weighted by Gasteiger charge is 2.19. The van der Waals surface area contributed by atoms with E-state index >= 15 is 0 Å². The molecule has 0 aliphatic rings. The van der Waals surface area contributed by atoms with E-state index in [1.54, 1.807) is 12.1 Å². The smallest absolute Gasteiger partial charge is 0.262 e. The van der Waals surface area contributed by atoms with E-state index in [-0.39, 0.29) is 21.2 Å². The fourth-order valence-corrected chi connectivity index (χ4v) is 4.95. The molecule has 0 atom stereocenters. The molecule has 0 spiro atoms. The molecule has 0 saturated heterocycles. The van der Waals surface area contributed by atoms with E-state index in [2.05, 4.69) is 9.44 Å². The first kappa shape index (κ1) is 22.7. The molecule has 0 aromatic heterocycles. The molecule has 2 N–H and O–H groups in total. The maximum absolute atomic E-state index is 12.8. The molecule has 31 heavy (non-hydrogen) atoms. The SMILES string of the molecule is COc1ccc(S(=O)(=O)Nc2cccc(S(=O)(=O)Nc3ccc(Cl)cc3)c2)cc1OC. The molecule has 0 heterocycles. The van der Waals surface area contributed by atoms with E-state index in [0.29, 0.717) is 16.5 Å². The number of anilines is 2. The van der Waals surface area contributed by atoms with Crippen molar-refractivity contribution in [1.82, 2.24) is 0 Å². The molecule has 0 unspecified atom stereocenters. The van der Waals surface area contributed by atoms with Gasteiger partial charge in [0.2, 0.25) is 0 Å². The quantitative estimate of drug-likeness (QED) is 0.502. The summed E-state index contributed by atoms with van der Waals surface area (Å²) in [5.74, 6) is 0.622. The Balaban J connectivity index is 1.86. The standard InChI is InChI=1S/C20H19ClN2O6S2/c1-28-19-11-10-18(13-20(19)29-2)31(26,27)23-16-4-3-5-17(12-16)30(24,25)22-15-8-6-14(21)7-9-15/h3-13,22-23H,1-2H3. The zero-order chi connectivity index (χ0) is 22.6. The van der Waals surface area contributed by atoms with Gasteiger partial charge in [0.25, 0.3) is 20.0 Å². The number of sulfonamides is 2.